The summed E-state index contributed by atoms with van der Waals surface area (Å²) in [5.41, 5.74) is 3.64. The molecule has 0 aliphatic heterocycles. The number of anilines is 2. The number of aromatic carboxylic acids is 1. The summed E-state index contributed by atoms with van der Waals surface area (Å²) in [4.78, 5) is 19.8. The van der Waals surface area contributed by atoms with Gasteiger partial charge in [-0.15, -0.1) is 0 Å². The number of aryl methyl sites for hydroxylation is 3. The Morgan fingerprint density at radius 3 is 2.33 bits per heavy atom. The summed E-state index contributed by atoms with van der Waals surface area (Å²) < 4.78 is 1.70. The Kier molecular flexibility index (Phi) is 3.99. The van der Waals surface area contributed by atoms with E-state index in [4.69, 9.17) is 5.11 Å². The molecule has 2 heterocycles. The van der Waals surface area contributed by atoms with E-state index in [-0.39, 0.29) is 5.56 Å². The van der Waals surface area contributed by atoms with Gasteiger partial charge in [0, 0.05) is 23.1 Å². The second-order valence-electron chi connectivity index (χ2n) is 5.54. The van der Waals surface area contributed by atoms with Gasteiger partial charge in [-0.2, -0.15) is 10.1 Å². The summed E-state index contributed by atoms with van der Waals surface area (Å²) in [6.45, 7) is 5.75. The number of aromatic nitrogens is 4. The monoisotopic (exact) mass is 323 g/mol. The Morgan fingerprint density at radius 1 is 1.04 bits per heavy atom. The molecular weight excluding hydrogens is 306 g/mol. The van der Waals surface area contributed by atoms with Crippen molar-refractivity contribution in [3.05, 3.63) is 59.0 Å². The van der Waals surface area contributed by atoms with Gasteiger partial charge in [-0.05, 0) is 51.1 Å². The molecule has 0 saturated carbocycles. The van der Waals surface area contributed by atoms with Crippen LogP contribution in [0, 0.1) is 20.8 Å². The summed E-state index contributed by atoms with van der Waals surface area (Å²) in [6.07, 6.45) is 0. The zero-order valence-corrected chi connectivity index (χ0v) is 13.6. The van der Waals surface area contributed by atoms with Gasteiger partial charge >= 0.3 is 5.97 Å². The van der Waals surface area contributed by atoms with E-state index < -0.39 is 5.97 Å². The molecule has 24 heavy (non-hydrogen) atoms. The Balaban J connectivity index is 1.91. The van der Waals surface area contributed by atoms with Crippen molar-refractivity contribution in [3.8, 4) is 5.95 Å². The quantitative estimate of drug-likeness (QED) is 0.766. The summed E-state index contributed by atoms with van der Waals surface area (Å²) in [7, 11) is 0. The van der Waals surface area contributed by atoms with Gasteiger partial charge < -0.3 is 10.4 Å². The van der Waals surface area contributed by atoms with E-state index >= 15 is 0 Å². The Labute approximate surface area is 139 Å². The number of carboxylic acids is 1. The second kappa shape index (κ2) is 6.11. The molecular formula is C17H17N5O2. The molecule has 0 radical (unpaired) electrons. The third-order valence-corrected chi connectivity index (χ3v) is 3.45. The molecule has 0 saturated heterocycles. The van der Waals surface area contributed by atoms with Crippen molar-refractivity contribution in [2.24, 2.45) is 0 Å². The highest BCUT2D eigenvalue weighted by atomic mass is 16.4. The van der Waals surface area contributed by atoms with Crippen molar-refractivity contribution in [1.82, 2.24) is 19.7 Å². The lowest BCUT2D eigenvalue weighted by Gasteiger charge is -2.09. The van der Waals surface area contributed by atoms with Crippen molar-refractivity contribution in [2.75, 3.05) is 5.32 Å². The molecule has 0 unspecified atom stereocenters. The highest BCUT2D eigenvalue weighted by molar-refractivity contribution is 5.88. The Hall–Kier alpha value is -3.22. The molecule has 0 fully saturated rings. The molecule has 2 aromatic heterocycles. The minimum atomic E-state index is -0.953. The average molecular weight is 323 g/mol. The molecule has 0 aliphatic carbocycles. The lowest BCUT2D eigenvalue weighted by Crippen LogP contribution is -2.08. The first kappa shape index (κ1) is 15.7. The molecule has 0 atom stereocenters. The van der Waals surface area contributed by atoms with Crippen LogP contribution in [0.3, 0.4) is 0 Å². The highest BCUT2D eigenvalue weighted by Crippen LogP contribution is 2.18. The number of carboxylic acid groups (broad SMARTS) is 1. The lowest BCUT2D eigenvalue weighted by molar-refractivity contribution is 0.0697. The van der Waals surface area contributed by atoms with E-state index in [1.807, 2.05) is 32.9 Å². The maximum absolute atomic E-state index is 10.9. The fourth-order valence-electron chi connectivity index (χ4n) is 2.39. The molecule has 0 spiro atoms. The topological polar surface area (TPSA) is 92.9 Å². The van der Waals surface area contributed by atoms with Crippen molar-refractivity contribution >= 4 is 17.5 Å². The molecule has 3 rings (SSSR count). The first-order valence-electron chi connectivity index (χ1n) is 7.42. The van der Waals surface area contributed by atoms with E-state index in [2.05, 4.69) is 20.4 Å². The van der Waals surface area contributed by atoms with E-state index in [0.29, 0.717) is 11.8 Å². The number of nitrogens with one attached hydrogen (secondary N) is 1. The zero-order chi connectivity index (χ0) is 17.3. The summed E-state index contributed by atoms with van der Waals surface area (Å²) >= 11 is 0. The molecule has 3 aromatic rings. The first-order valence-corrected chi connectivity index (χ1v) is 7.42. The van der Waals surface area contributed by atoms with Crippen LogP contribution in [-0.4, -0.2) is 30.8 Å². The fraction of sp³-hybridized carbons (Fsp3) is 0.176. The minimum Gasteiger partial charge on any atom is -0.478 e. The molecule has 7 heteroatoms. The predicted molar refractivity (Wildman–Crippen MR) is 90.0 cm³/mol. The van der Waals surface area contributed by atoms with E-state index in [9.17, 15) is 4.79 Å². The smallest absolute Gasteiger partial charge is 0.335 e. The largest absolute Gasteiger partial charge is 0.478 e. The normalized spacial score (nSPS) is 10.6. The number of hydrogen-bond acceptors (Lipinski definition) is 5. The molecule has 0 aliphatic rings. The van der Waals surface area contributed by atoms with Crippen LogP contribution in [0.15, 0.2) is 36.4 Å². The SMILES string of the molecule is Cc1cc(Nc2ccc(C(=O)O)cc2)nc(-n2nc(C)cc2C)n1. The molecule has 0 amide bonds. The van der Waals surface area contributed by atoms with Gasteiger partial charge in [0.1, 0.15) is 5.82 Å². The van der Waals surface area contributed by atoms with Gasteiger partial charge in [-0.25, -0.2) is 14.5 Å². The summed E-state index contributed by atoms with van der Waals surface area (Å²) in [5.74, 6) is 0.157. The van der Waals surface area contributed by atoms with Crippen LogP contribution in [-0.2, 0) is 0 Å². The molecule has 2 N–H and O–H groups in total. The molecule has 122 valence electrons. The first-order chi connectivity index (χ1) is 11.4. The van der Waals surface area contributed by atoms with Gasteiger partial charge in [0.05, 0.1) is 11.3 Å². The van der Waals surface area contributed by atoms with Crippen LogP contribution in [0.25, 0.3) is 5.95 Å². The number of benzene rings is 1. The van der Waals surface area contributed by atoms with Crippen LogP contribution in [0.1, 0.15) is 27.4 Å². The van der Waals surface area contributed by atoms with Crippen LogP contribution in [0.4, 0.5) is 11.5 Å². The van der Waals surface area contributed by atoms with Gasteiger partial charge in [0.2, 0.25) is 0 Å². The maximum Gasteiger partial charge on any atom is 0.335 e. The van der Waals surface area contributed by atoms with E-state index in [0.717, 1.165) is 22.8 Å². The standard InChI is InChI=1S/C17H17N5O2/c1-10-9-15(19-14-6-4-13(5-7-14)16(23)24)20-17(18-10)22-12(3)8-11(2)21-22/h4-9H,1-3H3,(H,23,24)(H,18,19,20). The fourth-order valence-corrected chi connectivity index (χ4v) is 2.39. The predicted octanol–water partition coefficient (Wildman–Crippen LogP) is 3.03. The van der Waals surface area contributed by atoms with Gasteiger partial charge in [0.15, 0.2) is 0 Å². The van der Waals surface area contributed by atoms with Crippen molar-refractivity contribution in [3.63, 3.8) is 0 Å². The van der Waals surface area contributed by atoms with Gasteiger partial charge in [-0.3, -0.25) is 0 Å². The maximum atomic E-state index is 10.9. The second-order valence-corrected chi connectivity index (χ2v) is 5.54. The van der Waals surface area contributed by atoms with Crippen molar-refractivity contribution in [2.45, 2.75) is 20.8 Å². The Bertz CT molecular complexity index is 900. The summed E-state index contributed by atoms with van der Waals surface area (Å²) in [6, 6.07) is 10.3. The summed E-state index contributed by atoms with van der Waals surface area (Å²) in [5, 5.41) is 16.5. The van der Waals surface area contributed by atoms with Crippen LogP contribution in [0.2, 0.25) is 0 Å². The average Bonchev–Trinajstić information content (AvgIpc) is 2.86. The van der Waals surface area contributed by atoms with E-state index in [1.54, 1.807) is 28.9 Å². The third-order valence-electron chi connectivity index (χ3n) is 3.45. The van der Waals surface area contributed by atoms with E-state index in [1.165, 1.54) is 0 Å². The van der Waals surface area contributed by atoms with Crippen molar-refractivity contribution < 1.29 is 9.90 Å². The number of hydrogen-bond donors (Lipinski definition) is 2. The number of nitrogens with zero attached hydrogens (tertiary/aromatic N) is 4. The van der Waals surface area contributed by atoms with Crippen LogP contribution < -0.4 is 5.32 Å². The zero-order valence-electron chi connectivity index (χ0n) is 13.6. The van der Waals surface area contributed by atoms with Crippen LogP contribution >= 0.6 is 0 Å². The molecule has 7 nitrogen and oxygen atoms in total. The van der Waals surface area contributed by atoms with Gasteiger partial charge in [0.25, 0.3) is 5.95 Å². The van der Waals surface area contributed by atoms with Gasteiger partial charge in [-0.1, -0.05) is 0 Å². The number of carbonyl (C=O) groups is 1. The third kappa shape index (κ3) is 3.24. The highest BCUT2D eigenvalue weighted by Gasteiger charge is 2.09. The molecule has 0 bridgehead atoms. The molecule has 1 aromatic carbocycles. The lowest BCUT2D eigenvalue weighted by atomic mass is 10.2. The van der Waals surface area contributed by atoms with Crippen LogP contribution in [0.5, 0.6) is 0 Å². The van der Waals surface area contributed by atoms with Crippen molar-refractivity contribution in [1.29, 1.82) is 0 Å². The Morgan fingerprint density at radius 2 is 1.75 bits per heavy atom. The minimum absolute atomic E-state index is 0.239. The number of rotatable bonds is 4.